The Labute approximate surface area is 146 Å². The van der Waals surface area contributed by atoms with Crippen molar-refractivity contribution >= 4 is 7.48 Å². The molecular weight excluding hydrogens is 305 g/mol. The molecule has 1 aromatic carbocycles. The standard InChI is InChI=1S/C17H32BN3O3/c1-17(20,9-5-6-11-18-23-24-22)10-13-21(14-12-19)15-16-7-3-2-4-8-16/h2-4,7-8,18,22H,5-6,9-15,19-20H2,1H3. The Morgan fingerprint density at radius 2 is 1.92 bits per heavy atom. The zero-order chi connectivity index (χ0) is 17.7. The fourth-order valence-electron chi connectivity index (χ4n) is 2.74. The van der Waals surface area contributed by atoms with Crippen LogP contribution in [0.1, 0.15) is 38.2 Å². The van der Waals surface area contributed by atoms with E-state index in [0.717, 1.165) is 51.6 Å². The van der Waals surface area contributed by atoms with Crippen LogP contribution in [0.5, 0.6) is 0 Å². The SMILES string of the molecule is CC(N)(CCCCBOOO)CCN(CCN)Cc1ccccc1. The van der Waals surface area contributed by atoms with Gasteiger partial charge < -0.3 is 11.5 Å². The maximum atomic E-state index is 8.07. The number of nitrogens with two attached hydrogens (primary N) is 2. The average Bonchev–Trinajstić information content (AvgIpc) is 2.57. The summed E-state index contributed by atoms with van der Waals surface area (Å²) in [5, 5.41) is 11.7. The molecule has 1 rings (SSSR count). The number of benzene rings is 1. The van der Waals surface area contributed by atoms with E-state index in [1.165, 1.54) is 5.56 Å². The second-order valence-corrected chi connectivity index (χ2v) is 6.66. The number of hydrogen-bond donors (Lipinski definition) is 3. The Bertz CT molecular complexity index is 421. The summed E-state index contributed by atoms with van der Waals surface area (Å²) in [5.74, 6) is 0. The lowest BCUT2D eigenvalue weighted by Gasteiger charge is -2.29. The van der Waals surface area contributed by atoms with Crippen molar-refractivity contribution in [2.75, 3.05) is 19.6 Å². The van der Waals surface area contributed by atoms with Crippen LogP contribution in [0.15, 0.2) is 30.3 Å². The van der Waals surface area contributed by atoms with Crippen LogP contribution in [0.4, 0.5) is 0 Å². The van der Waals surface area contributed by atoms with Gasteiger partial charge in [0.1, 0.15) is 0 Å². The Hall–Kier alpha value is -0.955. The van der Waals surface area contributed by atoms with E-state index in [4.69, 9.17) is 16.7 Å². The lowest BCUT2D eigenvalue weighted by atomic mass is 9.87. The van der Waals surface area contributed by atoms with Crippen molar-refractivity contribution in [3.63, 3.8) is 0 Å². The molecule has 0 spiro atoms. The van der Waals surface area contributed by atoms with E-state index < -0.39 is 0 Å². The summed E-state index contributed by atoms with van der Waals surface area (Å²) in [7, 11) is 0.402. The third-order valence-electron chi connectivity index (χ3n) is 4.22. The molecule has 0 saturated carbocycles. The molecule has 136 valence electrons. The average molecular weight is 337 g/mol. The van der Waals surface area contributed by atoms with E-state index in [9.17, 15) is 0 Å². The van der Waals surface area contributed by atoms with Crippen molar-refractivity contribution in [2.45, 2.75) is 51.0 Å². The van der Waals surface area contributed by atoms with Crippen molar-refractivity contribution in [2.24, 2.45) is 11.5 Å². The highest BCUT2D eigenvalue weighted by atomic mass is 17.5. The quantitative estimate of drug-likeness (QED) is 0.208. The van der Waals surface area contributed by atoms with Gasteiger partial charge in [0.2, 0.25) is 0 Å². The summed E-state index contributed by atoms with van der Waals surface area (Å²) < 4.78 is 0. The van der Waals surface area contributed by atoms with Crippen molar-refractivity contribution in [3.8, 4) is 0 Å². The maximum Gasteiger partial charge on any atom is 0.327 e. The van der Waals surface area contributed by atoms with Crippen LogP contribution >= 0.6 is 0 Å². The molecule has 6 nitrogen and oxygen atoms in total. The molecule has 1 aromatic rings. The highest BCUT2D eigenvalue weighted by Gasteiger charge is 2.19. The van der Waals surface area contributed by atoms with Crippen LogP contribution in [0.25, 0.3) is 0 Å². The Morgan fingerprint density at radius 3 is 2.58 bits per heavy atom. The third-order valence-corrected chi connectivity index (χ3v) is 4.22. The van der Waals surface area contributed by atoms with E-state index in [1.807, 2.05) is 6.07 Å². The van der Waals surface area contributed by atoms with E-state index in [-0.39, 0.29) is 5.54 Å². The van der Waals surface area contributed by atoms with Gasteiger partial charge in [-0.15, -0.1) is 0 Å². The Morgan fingerprint density at radius 1 is 1.17 bits per heavy atom. The van der Waals surface area contributed by atoms with Crippen molar-refractivity contribution < 1.29 is 15.1 Å². The number of rotatable bonds is 14. The Balaban J connectivity index is 2.30. The predicted molar refractivity (Wildman–Crippen MR) is 98.6 cm³/mol. The van der Waals surface area contributed by atoms with Gasteiger partial charge in [0.25, 0.3) is 0 Å². The van der Waals surface area contributed by atoms with Gasteiger partial charge in [-0.2, -0.15) is 0 Å². The van der Waals surface area contributed by atoms with E-state index >= 15 is 0 Å². The minimum Gasteiger partial charge on any atom is -0.329 e. The zero-order valence-corrected chi connectivity index (χ0v) is 14.8. The normalized spacial score (nSPS) is 13.9. The molecule has 0 fully saturated rings. The van der Waals surface area contributed by atoms with E-state index in [0.29, 0.717) is 14.0 Å². The fraction of sp³-hybridized carbons (Fsp3) is 0.647. The molecule has 5 N–H and O–H groups in total. The van der Waals surface area contributed by atoms with Crippen LogP contribution in [0.3, 0.4) is 0 Å². The molecular formula is C17H32BN3O3. The van der Waals surface area contributed by atoms with Gasteiger partial charge in [-0.25, -0.2) is 5.26 Å². The summed E-state index contributed by atoms with van der Waals surface area (Å²) >= 11 is 0. The van der Waals surface area contributed by atoms with Gasteiger partial charge in [0.15, 0.2) is 0 Å². The first-order chi connectivity index (χ1) is 11.6. The summed E-state index contributed by atoms with van der Waals surface area (Å²) in [6, 6.07) is 10.4. The molecule has 0 aliphatic heterocycles. The Kier molecular flexibility index (Phi) is 10.9. The molecule has 0 aromatic heterocycles. The van der Waals surface area contributed by atoms with Gasteiger partial charge in [-0.3, -0.25) is 9.70 Å². The molecule has 0 radical (unpaired) electrons. The van der Waals surface area contributed by atoms with Gasteiger partial charge in [0.05, 0.1) is 0 Å². The monoisotopic (exact) mass is 337 g/mol. The topological polar surface area (TPSA) is 94.0 Å². The first kappa shape index (κ1) is 21.1. The first-order valence-corrected chi connectivity index (χ1v) is 8.75. The molecule has 0 amide bonds. The maximum absolute atomic E-state index is 8.07. The minimum atomic E-state index is -0.183. The second-order valence-electron chi connectivity index (χ2n) is 6.66. The highest BCUT2D eigenvalue weighted by molar-refractivity contribution is 6.26. The molecule has 7 heteroatoms. The van der Waals surface area contributed by atoms with Crippen molar-refractivity contribution in [3.05, 3.63) is 35.9 Å². The lowest BCUT2D eigenvalue weighted by Crippen LogP contribution is -2.41. The molecule has 24 heavy (non-hydrogen) atoms. The molecule has 0 heterocycles. The number of nitrogens with zero attached hydrogens (tertiary/aromatic N) is 1. The molecule has 0 saturated heterocycles. The third kappa shape index (κ3) is 10.0. The van der Waals surface area contributed by atoms with Crippen LogP contribution in [-0.4, -0.2) is 42.8 Å². The molecule has 0 aliphatic carbocycles. The lowest BCUT2D eigenvalue weighted by molar-refractivity contribution is -0.442. The molecule has 0 bridgehead atoms. The molecule has 0 aliphatic rings. The van der Waals surface area contributed by atoms with Crippen LogP contribution < -0.4 is 11.5 Å². The number of hydrogen-bond acceptors (Lipinski definition) is 6. The second kappa shape index (κ2) is 12.4. The van der Waals surface area contributed by atoms with Crippen LogP contribution in [0.2, 0.25) is 6.32 Å². The van der Waals surface area contributed by atoms with Gasteiger partial charge in [-0.1, -0.05) is 48.2 Å². The molecule has 1 atom stereocenters. The largest absolute Gasteiger partial charge is 0.329 e. The van der Waals surface area contributed by atoms with Crippen LogP contribution in [0, 0.1) is 0 Å². The molecule has 1 unspecified atom stereocenters. The van der Waals surface area contributed by atoms with Crippen molar-refractivity contribution in [1.82, 2.24) is 4.90 Å². The minimum absolute atomic E-state index is 0.183. The van der Waals surface area contributed by atoms with Crippen LogP contribution in [-0.2, 0) is 16.4 Å². The van der Waals surface area contributed by atoms with Gasteiger partial charge in [0, 0.05) is 31.7 Å². The van der Waals surface area contributed by atoms with E-state index in [1.54, 1.807) is 0 Å². The zero-order valence-electron chi connectivity index (χ0n) is 14.8. The van der Waals surface area contributed by atoms with Crippen molar-refractivity contribution in [1.29, 1.82) is 0 Å². The van der Waals surface area contributed by atoms with Gasteiger partial charge >= 0.3 is 7.48 Å². The van der Waals surface area contributed by atoms with E-state index in [2.05, 4.69) is 45.9 Å². The smallest absolute Gasteiger partial charge is 0.327 e. The summed E-state index contributed by atoms with van der Waals surface area (Å²) in [6.45, 7) is 5.50. The van der Waals surface area contributed by atoms with Gasteiger partial charge in [-0.05, 0) is 31.6 Å². The summed E-state index contributed by atoms with van der Waals surface area (Å²) in [5.41, 5.74) is 13.3. The predicted octanol–water partition coefficient (Wildman–Crippen LogP) is 1.92. The fourth-order valence-corrected chi connectivity index (χ4v) is 2.74. The highest BCUT2D eigenvalue weighted by Crippen LogP contribution is 2.17. The summed E-state index contributed by atoms with van der Waals surface area (Å²) in [6.07, 6.45) is 4.80. The summed E-state index contributed by atoms with van der Waals surface area (Å²) in [4.78, 5) is 6.80. The first-order valence-electron chi connectivity index (χ1n) is 8.75. The number of unbranched alkanes of at least 4 members (excludes halogenated alkanes) is 1.